The van der Waals surface area contributed by atoms with Gasteiger partial charge in [0.05, 0.1) is 24.0 Å². The quantitative estimate of drug-likeness (QED) is 0.434. The number of rotatable bonds is 6. The molecule has 1 aromatic carbocycles. The number of halogens is 1. The third-order valence-corrected chi connectivity index (χ3v) is 7.83. The van der Waals surface area contributed by atoms with Gasteiger partial charge in [0, 0.05) is 44.9 Å². The molecule has 1 saturated heterocycles. The van der Waals surface area contributed by atoms with E-state index in [1.165, 1.54) is 0 Å². The topological polar surface area (TPSA) is 105 Å². The zero-order chi connectivity index (χ0) is 24.7. The molecule has 3 aliphatic rings. The fourth-order valence-electron chi connectivity index (χ4n) is 5.86. The summed E-state index contributed by atoms with van der Waals surface area (Å²) in [5.41, 5.74) is 10.6. The van der Waals surface area contributed by atoms with Crippen molar-refractivity contribution in [3.8, 4) is 5.75 Å². The molecule has 8 nitrogen and oxygen atoms in total. The summed E-state index contributed by atoms with van der Waals surface area (Å²) in [6.07, 6.45) is 5.70. The van der Waals surface area contributed by atoms with Gasteiger partial charge in [-0.25, -0.2) is 14.8 Å². The number of phenols is 1. The van der Waals surface area contributed by atoms with Gasteiger partial charge in [-0.05, 0) is 48.1 Å². The van der Waals surface area contributed by atoms with Gasteiger partial charge in [-0.15, -0.1) is 0 Å². The lowest BCUT2D eigenvalue weighted by molar-refractivity contribution is -0.128. The van der Waals surface area contributed by atoms with Crippen LogP contribution in [0.2, 0.25) is 0 Å². The minimum absolute atomic E-state index is 0.0118. The number of nitrogens with one attached hydrogen (secondary N) is 4. The molecule has 0 spiro atoms. The van der Waals surface area contributed by atoms with Gasteiger partial charge in [0.25, 0.3) is 0 Å². The van der Waals surface area contributed by atoms with Gasteiger partial charge in [0.15, 0.2) is 0 Å². The van der Waals surface area contributed by atoms with Crippen LogP contribution in [0.1, 0.15) is 60.8 Å². The molecule has 5 unspecified atom stereocenters. The van der Waals surface area contributed by atoms with E-state index in [0.717, 1.165) is 47.5 Å². The number of aromatic nitrogens is 2. The lowest BCUT2D eigenvalue weighted by atomic mass is 9.71. The van der Waals surface area contributed by atoms with Crippen molar-refractivity contribution >= 4 is 11.5 Å². The molecule has 2 aromatic rings. The van der Waals surface area contributed by atoms with Crippen molar-refractivity contribution in [1.29, 1.82) is 0 Å². The highest BCUT2D eigenvalue weighted by Crippen LogP contribution is 2.45. The van der Waals surface area contributed by atoms with E-state index >= 15 is 4.39 Å². The zero-order valence-electron chi connectivity index (χ0n) is 20.5. The van der Waals surface area contributed by atoms with Gasteiger partial charge < -0.3 is 20.3 Å². The molecule has 1 aliphatic carbocycles. The molecule has 1 saturated carbocycles. The van der Waals surface area contributed by atoms with Crippen LogP contribution in [-0.4, -0.2) is 64.8 Å². The lowest BCUT2D eigenvalue weighted by Crippen LogP contribution is -2.45. The number of aromatic hydroxyl groups is 1. The number of hydrogen-bond donors (Lipinski definition) is 5. The number of H-pyrrole nitrogens is 1. The fourth-order valence-corrected chi connectivity index (χ4v) is 5.86. The van der Waals surface area contributed by atoms with Crippen LogP contribution in [0, 0.1) is 5.92 Å². The highest BCUT2D eigenvalue weighted by Gasteiger charge is 2.48. The van der Waals surface area contributed by atoms with Gasteiger partial charge in [0.2, 0.25) is 5.91 Å². The number of carbonyl (C=O) groups is 1. The molecule has 5 N–H and O–H groups in total. The molecule has 5 rings (SSSR count). The Hall–Kier alpha value is -2.75. The van der Waals surface area contributed by atoms with E-state index in [-0.39, 0.29) is 41.6 Å². The number of carbonyl (C=O) groups excluding carboxylic acids is 1. The summed E-state index contributed by atoms with van der Waals surface area (Å²) in [7, 11) is 3.53. The molecule has 2 aliphatic heterocycles. The normalized spacial score (nSPS) is 30.2. The second-order valence-corrected chi connectivity index (χ2v) is 10.2. The van der Waals surface area contributed by atoms with Crippen LogP contribution in [0.4, 0.5) is 4.39 Å². The lowest BCUT2D eigenvalue weighted by Gasteiger charge is -2.36. The number of nitrogens with zero attached hydrogens (tertiary/aromatic N) is 2. The fraction of sp³-hybridized carbons (Fsp3) is 0.538. The number of aryl methyl sites for hydroxylation is 1. The van der Waals surface area contributed by atoms with Crippen LogP contribution in [-0.2, 0) is 11.2 Å². The average Bonchev–Trinajstić information content (AvgIpc) is 3.58. The molecule has 2 fully saturated rings. The minimum atomic E-state index is -1.03. The van der Waals surface area contributed by atoms with E-state index in [1.807, 2.05) is 19.2 Å². The van der Waals surface area contributed by atoms with Gasteiger partial charge >= 0.3 is 0 Å². The van der Waals surface area contributed by atoms with Crippen molar-refractivity contribution in [3.05, 3.63) is 53.1 Å². The number of hydrogen-bond acceptors (Lipinski definition) is 6. The van der Waals surface area contributed by atoms with E-state index in [0.29, 0.717) is 13.0 Å². The molecule has 188 valence electrons. The Balaban J connectivity index is 1.28. The number of aromatic amines is 1. The number of amides is 1. The second-order valence-electron chi connectivity index (χ2n) is 10.2. The van der Waals surface area contributed by atoms with Gasteiger partial charge in [0.1, 0.15) is 17.7 Å². The van der Waals surface area contributed by atoms with Gasteiger partial charge in [-0.1, -0.05) is 19.1 Å². The Morgan fingerprint density at radius 1 is 1.26 bits per heavy atom. The minimum Gasteiger partial charge on any atom is -0.508 e. The molecule has 1 aromatic heterocycles. The molecule has 1 amide bonds. The number of imidazole rings is 1. The molecular formula is C26H35FN6O2. The van der Waals surface area contributed by atoms with Crippen LogP contribution < -0.4 is 16.2 Å². The van der Waals surface area contributed by atoms with Crippen molar-refractivity contribution in [1.82, 2.24) is 31.0 Å². The first-order valence-electron chi connectivity index (χ1n) is 12.5. The van der Waals surface area contributed by atoms with Crippen molar-refractivity contribution < 1.29 is 14.3 Å². The standard InChI is InChI=1S/C26H35FN6O2/c1-4-14-10-17(34)5-6-18(14)19-7-8-20-24(23(19)27)31-32-25(20)26-29-13-21(30-26)15-9-16(28-12-15)11-22(35)33(2)3/h5-6,9-10,13,16,19-20,23-25,28,31-32,34H,4,7-8,11-12H2,1-3H3,(H,29,30)/t16-,19?,20?,23?,24?,25?/m1/s1. The summed E-state index contributed by atoms with van der Waals surface area (Å²) in [5.74, 6) is 1.02. The SMILES string of the molecule is CCc1cc(O)ccc1C1CCC2C(c3ncc(C4=C[C@H](CC(=O)N(C)C)NC4)[nH]3)NNC2C1F. The smallest absolute Gasteiger partial charge is 0.223 e. The summed E-state index contributed by atoms with van der Waals surface area (Å²) < 4.78 is 15.8. The Morgan fingerprint density at radius 2 is 2.09 bits per heavy atom. The van der Waals surface area contributed by atoms with Crippen LogP contribution >= 0.6 is 0 Å². The number of fused-ring (bicyclic) bond motifs is 1. The van der Waals surface area contributed by atoms with Crippen LogP contribution in [0.25, 0.3) is 5.57 Å². The highest BCUT2D eigenvalue weighted by molar-refractivity contribution is 5.78. The maximum atomic E-state index is 15.8. The summed E-state index contributed by atoms with van der Waals surface area (Å²) in [4.78, 5) is 21.7. The summed E-state index contributed by atoms with van der Waals surface area (Å²) in [5, 5.41) is 13.2. The number of alkyl halides is 1. The average molecular weight is 483 g/mol. The summed E-state index contributed by atoms with van der Waals surface area (Å²) >= 11 is 0. The van der Waals surface area contributed by atoms with Crippen LogP contribution in [0.15, 0.2) is 30.5 Å². The molecule has 0 radical (unpaired) electrons. The third-order valence-electron chi connectivity index (χ3n) is 7.83. The van der Waals surface area contributed by atoms with Crippen LogP contribution in [0.5, 0.6) is 5.75 Å². The molecule has 6 atom stereocenters. The van der Waals surface area contributed by atoms with Crippen molar-refractivity contribution in [2.75, 3.05) is 20.6 Å². The Morgan fingerprint density at radius 3 is 2.86 bits per heavy atom. The van der Waals surface area contributed by atoms with Crippen molar-refractivity contribution in [2.24, 2.45) is 5.92 Å². The zero-order valence-corrected chi connectivity index (χ0v) is 20.5. The Kier molecular flexibility index (Phi) is 6.65. The predicted molar refractivity (Wildman–Crippen MR) is 132 cm³/mol. The maximum absolute atomic E-state index is 15.8. The monoisotopic (exact) mass is 482 g/mol. The second kappa shape index (κ2) is 9.72. The van der Waals surface area contributed by atoms with Crippen molar-refractivity contribution in [2.45, 2.75) is 62.8 Å². The molecule has 0 bridgehead atoms. The summed E-state index contributed by atoms with van der Waals surface area (Å²) in [6, 6.07) is 4.91. The van der Waals surface area contributed by atoms with E-state index in [1.54, 1.807) is 31.1 Å². The first-order valence-corrected chi connectivity index (χ1v) is 12.5. The number of benzene rings is 1. The Labute approximate surface area is 205 Å². The van der Waals surface area contributed by atoms with E-state index in [2.05, 4.69) is 32.2 Å². The molecule has 9 heteroatoms. The van der Waals surface area contributed by atoms with Crippen molar-refractivity contribution in [3.63, 3.8) is 0 Å². The van der Waals surface area contributed by atoms with E-state index in [9.17, 15) is 9.90 Å². The van der Waals surface area contributed by atoms with E-state index in [4.69, 9.17) is 0 Å². The number of hydrazine groups is 1. The largest absolute Gasteiger partial charge is 0.508 e. The molecule has 3 heterocycles. The van der Waals surface area contributed by atoms with Gasteiger partial charge in [-0.2, -0.15) is 0 Å². The van der Waals surface area contributed by atoms with Gasteiger partial charge in [-0.3, -0.25) is 10.2 Å². The van der Waals surface area contributed by atoms with E-state index < -0.39 is 6.17 Å². The predicted octanol–water partition coefficient (Wildman–Crippen LogP) is 2.56. The third kappa shape index (κ3) is 4.60. The maximum Gasteiger partial charge on any atom is 0.223 e. The first kappa shape index (κ1) is 24.0. The summed E-state index contributed by atoms with van der Waals surface area (Å²) in [6.45, 7) is 2.71. The number of phenolic OH excluding ortho intramolecular Hbond substituents is 1. The van der Waals surface area contributed by atoms with Crippen LogP contribution in [0.3, 0.4) is 0 Å². The molecule has 35 heavy (non-hydrogen) atoms. The first-order chi connectivity index (χ1) is 16.9. The molecular weight excluding hydrogens is 447 g/mol. The highest BCUT2D eigenvalue weighted by atomic mass is 19.1. The Bertz CT molecular complexity index is 1120.